The van der Waals surface area contributed by atoms with Gasteiger partial charge in [0, 0.05) is 4.47 Å². The van der Waals surface area contributed by atoms with Gasteiger partial charge in [-0.3, -0.25) is 4.18 Å². The second-order valence-corrected chi connectivity index (χ2v) is 7.08. The lowest BCUT2D eigenvalue weighted by atomic mass is 9.89. The molecule has 1 aromatic rings. The Morgan fingerprint density at radius 1 is 1.35 bits per heavy atom. The van der Waals surface area contributed by atoms with E-state index in [1.54, 1.807) is 12.1 Å². The summed E-state index contributed by atoms with van der Waals surface area (Å²) in [6.07, 6.45) is -0.963. The third-order valence-corrected chi connectivity index (χ3v) is 3.93. The van der Waals surface area contributed by atoms with Gasteiger partial charge in [-0.2, -0.15) is 8.42 Å². The SMILES string of the molecule is COC(=O)C(=[N+]=O)[C@@H](c1ccc(Br)cc1)[C@@H]([O-])COS(C)(=O)=O. The van der Waals surface area contributed by atoms with Crippen molar-refractivity contribution in [2.45, 2.75) is 12.0 Å². The van der Waals surface area contributed by atoms with Gasteiger partial charge >= 0.3 is 11.7 Å². The molecule has 2 atom stereocenters. The first-order valence-corrected chi connectivity index (χ1v) is 8.84. The quantitative estimate of drug-likeness (QED) is 0.262. The largest absolute Gasteiger partial charge is 0.849 e. The molecular weight excluding hydrogens is 394 g/mol. The predicted molar refractivity (Wildman–Crippen MR) is 84.0 cm³/mol. The molecule has 0 saturated heterocycles. The molecule has 126 valence electrons. The fraction of sp³-hybridized carbons (Fsp3) is 0.385. The Hall–Kier alpha value is -1.58. The number of ether oxygens (including phenoxy) is 1. The van der Waals surface area contributed by atoms with Gasteiger partial charge in [0.15, 0.2) is 4.91 Å². The molecular formula is C13H14BrNO7S. The number of carbonyl (C=O) groups is 1. The normalized spacial score (nSPS) is 13.7. The van der Waals surface area contributed by atoms with Crippen molar-refractivity contribution in [1.82, 2.24) is 4.85 Å². The second-order valence-electron chi connectivity index (χ2n) is 4.52. The van der Waals surface area contributed by atoms with E-state index in [1.807, 2.05) is 0 Å². The molecule has 23 heavy (non-hydrogen) atoms. The zero-order valence-electron chi connectivity index (χ0n) is 12.3. The first kappa shape index (κ1) is 19.5. The monoisotopic (exact) mass is 407 g/mol. The average Bonchev–Trinajstić information content (AvgIpc) is 2.50. The van der Waals surface area contributed by atoms with Gasteiger partial charge in [0.1, 0.15) is 0 Å². The van der Waals surface area contributed by atoms with Crippen molar-refractivity contribution in [2.24, 2.45) is 0 Å². The number of esters is 1. The van der Waals surface area contributed by atoms with Crippen molar-refractivity contribution in [3.8, 4) is 0 Å². The third kappa shape index (κ3) is 5.85. The number of nitrogens with zero attached hydrogens (tertiary/aromatic N) is 1. The van der Waals surface area contributed by atoms with Crippen LogP contribution < -0.4 is 9.96 Å². The molecule has 0 N–H and O–H groups in total. The summed E-state index contributed by atoms with van der Waals surface area (Å²) < 4.78 is 31.7. The van der Waals surface area contributed by atoms with E-state index >= 15 is 0 Å². The summed E-state index contributed by atoms with van der Waals surface area (Å²) in [5, 5.41) is 12.4. The van der Waals surface area contributed by atoms with Crippen LogP contribution >= 0.6 is 15.9 Å². The molecule has 0 aromatic heterocycles. The van der Waals surface area contributed by atoms with Crippen LogP contribution in [0.15, 0.2) is 28.7 Å². The highest BCUT2D eigenvalue weighted by molar-refractivity contribution is 9.10. The summed E-state index contributed by atoms with van der Waals surface area (Å²) in [4.78, 5) is 25.3. The van der Waals surface area contributed by atoms with E-state index < -0.39 is 40.4 Å². The van der Waals surface area contributed by atoms with Gasteiger partial charge in [-0.05, 0) is 17.7 Å². The lowest BCUT2D eigenvalue weighted by Gasteiger charge is -2.27. The summed E-state index contributed by atoms with van der Waals surface area (Å²) in [6, 6.07) is 6.22. The first-order chi connectivity index (χ1) is 10.7. The van der Waals surface area contributed by atoms with Crippen LogP contribution in [0.2, 0.25) is 0 Å². The number of benzene rings is 1. The van der Waals surface area contributed by atoms with Crippen molar-refractivity contribution in [3.05, 3.63) is 39.2 Å². The van der Waals surface area contributed by atoms with Crippen LogP contribution in [0.3, 0.4) is 0 Å². The van der Waals surface area contributed by atoms with E-state index in [0.717, 1.165) is 13.4 Å². The van der Waals surface area contributed by atoms with Gasteiger partial charge in [-0.1, -0.05) is 34.2 Å². The standard InChI is InChI=1S/C13H14BrNO7S/c1-21-13(17)12(15-18)11(8-3-5-9(14)6-4-8)10(16)7-22-23(2,19)20/h3-6,10-11H,7H2,1-2H3/t10-,11-/m0/s1. The van der Waals surface area contributed by atoms with Crippen molar-refractivity contribution in [2.75, 3.05) is 20.0 Å². The maximum atomic E-state index is 12.4. The molecule has 0 bridgehead atoms. The smallest absolute Gasteiger partial charge is 0.462 e. The number of hydrogen-bond acceptors (Lipinski definition) is 7. The molecule has 0 spiro atoms. The maximum Gasteiger partial charge on any atom is 0.462 e. The van der Waals surface area contributed by atoms with Crippen molar-refractivity contribution >= 4 is 37.7 Å². The van der Waals surface area contributed by atoms with E-state index in [9.17, 15) is 23.2 Å². The molecule has 0 fully saturated rings. The lowest BCUT2D eigenvalue weighted by molar-refractivity contribution is -0.425. The molecule has 0 amide bonds. The fourth-order valence-electron chi connectivity index (χ4n) is 1.83. The van der Waals surface area contributed by atoms with Gasteiger partial charge in [0.25, 0.3) is 10.1 Å². The van der Waals surface area contributed by atoms with Gasteiger partial charge in [-0.25, -0.2) is 4.79 Å². The van der Waals surface area contributed by atoms with E-state index in [2.05, 4.69) is 29.7 Å². The number of halogens is 1. The highest BCUT2D eigenvalue weighted by Gasteiger charge is 2.39. The minimum absolute atomic E-state index is 0.310. The molecule has 0 aliphatic carbocycles. The summed E-state index contributed by atoms with van der Waals surface area (Å²) in [7, 11) is -2.80. The molecule has 10 heteroatoms. The number of methoxy groups -OCH3 is 1. The topological polar surface area (TPSA) is 124 Å². The molecule has 1 aromatic carbocycles. The van der Waals surface area contributed by atoms with Crippen LogP contribution in [0.1, 0.15) is 11.5 Å². The second kappa shape index (κ2) is 8.32. The minimum atomic E-state index is -3.84. The molecule has 0 unspecified atom stereocenters. The molecule has 0 aliphatic heterocycles. The summed E-state index contributed by atoms with van der Waals surface area (Å²) in [5.74, 6) is -2.37. The highest BCUT2D eigenvalue weighted by atomic mass is 79.9. The molecule has 0 saturated carbocycles. The van der Waals surface area contributed by atoms with Crippen LogP contribution in [0.25, 0.3) is 0 Å². The summed E-state index contributed by atoms with van der Waals surface area (Å²) >= 11 is 3.22. The Balaban J connectivity index is 3.22. The number of carbonyl (C=O) groups excluding carboxylic acids is 1. The van der Waals surface area contributed by atoms with Gasteiger partial charge in [-0.15, -0.1) is 0 Å². The van der Waals surface area contributed by atoms with Crippen LogP contribution in [0.4, 0.5) is 0 Å². The molecule has 0 radical (unpaired) electrons. The Bertz CT molecular complexity index is 710. The van der Waals surface area contributed by atoms with E-state index in [0.29, 0.717) is 10.0 Å². The number of hydrogen-bond donors (Lipinski definition) is 0. The zero-order valence-corrected chi connectivity index (χ0v) is 14.7. The van der Waals surface area contributed by atoms with Crippen molar-refractivity contribution in [3.63, 3.8) is 0 Å². The Morgan fingerprint density at radius 2 is 1.91 bits per heavy atom. The average molecular weight is 408 g/mol. The van der Waals surface area contributed by atoms with Crippen LogP contribution in [-0.4, -0.2) is 46.2 Å². The van der Waals surface area contributed by atoms with Crippen molar-refractivity contribution in [1.29, 1.82) is 0 Å². The predicted octanol–water partition coefficient (Wildman–Crippen LogP) is -0.315. The van der Waals surface area contributed by atoms with E-state index in [-0.39, 0.29) is 0 Å². The van der Waals surface area contributed by atoms with Gasteiger partial charge in [0.2, 0.25) is 4.85 Å². The summed E-state index contributed by atoms with van der Waals surface area (Å²) in [6.45, 7) is -0.754. The molecule has 0 aliphatic rings. The number of rotatable bonds is 7. The van der Waals surface area contributed by atoms with Crippen molar-refractivity contribution < 1.29 is 27.2 Å². The Labute approximate surface area is 141 Å². The minimum Gasteiger partial charge on any atom is -0.849 e. The van der Waals surface area contributed by atoms with E-state index in [4.69, 9.17) is 0 Å². The zero-order chi connectivity index (χ0) is 17.6. The maximum absolute atomic E-state index is 12.4. The molecule has 8 nitrogen and oxygen atoms in total. The first-order valence-electron chi connectivity index (χ1n) is 6.23. The summed E-state index contributed by atoms with van der Waals surface area (Å²) in [5.41, 5.74) is -0.336. The molecule has 1 rings (SSSR count). The third-order valence-electron chi connectivity index (χ3n) is 2.83. The highest BCUT2D eigenvalue weighted by Crippen LogP contribution is 2.23. The fourth-order valence-corrected chi connectivity index (χ4v) is 2.48. The lowest BCUT2D eigenvalue weighted by Crippen LogP contribution is -2.44. The Kier molecular flexibility index (Phi) is 7.04. The number of nitroso groups, excluding NO2 is 1. The Morgan fingerprint density at radius 3 is 2.35 bits per heavy atom. The van der Waals surface area contributed by atoms with Crippen LogP contribution in [0, 0.1) is 4.91 Å². The molecule has 0 heterocycles. The van der Waals surface area contributed by atoms with Gasteiger partial charge < -0.3 is 9.84 Å². The van der Waals surface area contributed by atoms with Gasteiger partial charge in [0.05, 0.1) is 25.9 Å². The van der Waals surface area contributed by atoms with Crippen LogP contribution in [-0.2, 0) is 23.8 Å². The van der Waals surface area contributed by atoms with E-state index in [1.165, 1.54) is 12.1 Å². The van der Waals surface area contributed by atoms with Crippen LogP contribution in [0.5, 0.6) is 0 Å².